The number of ketones is 2. The molecule has 0 spiro atoms. The zero-order valence-electron chi connectivity index (χ0n) is 15.3. The van der Waals surface area contributed by atoms with Gasteiger partial charge in [0.2, 0.25) is 5.78 Å². The van der Waals surface area contributed by atoms with Crippen molar-refractivity contribution < 1.29 is 22.8 Å². The van der Waals surface area contributed by atoms with Crippen molar-refractivity contribution in [2.45, 2.75) is 78.3 Å². The third-order valence-corrected chi connectivity index (χ3v) is 4.42. The summed E-state index contributed by atoms with van der Waals surface area (Å²) < 4.78 is 37.0. The Kier molecular flexibility index (Phi) is 8.33. The summed E-state index contributed by atoms with van der Waals surface area (Å²) in [7, 11) is 0. The lowest BCUT2D eigenvalue weighted by molar-refractivity contribution is -0.170. The van der Waals surface area contributed by atoms with Crippen molar-refractivity contribution in [1.82, 2.24) is 0 Å². The second kappa shape index (κ2) is 9.73. The van der Waals surface area contributed by atoms with Crippen LogP contribution in [-0.2, 0) is 11.2 Å². The normalized spacial score (nSPS) is 11.6. The average molecular weight is 356 g/mol. The number of hydrogen-bond acceptors (Lipinski definition) is 2. The van der Waals surface area contributed by atoms with Gasteiger partial charge >= 0.3 is 6.18 Å². The fourth-order valence-electron chi connectivity index (χ4n) is 2.88. The number of aryl methyl sites for hydroxylation is 3. The molecule has 0 atom stereocenters. The monoisotopic (exact) mass is 356 g/mol. The molecule has 140 valence electrons. The van der Waals surface area contributed by atoms with Gasteiger partial charge in [-0.15, -0.1) is 0 Å². The molecule has 0 aliphatic rings. The molecule has 0 amide bonds. The smallest absolute Gasteiger partial charge is 0.294 e. The Balaban J connectivity index is 2.69. The molecule has 2 nitrogen and oxygen atoms in total. The molecular weight excluding hydrogens is 329 g/mol. The van der Waals surface area contributed by atoms with E-state index in [1.165, 1.54) is 25.7 Å². The zero-order chi connectivity index (χ0) is 19.0. The molecule has 0 saturated heterocycles. The van der Waals surface area contributed by atoms with Crippen LogP contribution in [0.4, 0.5) is 13.2 Å². The maximum atomic E-state index is 12.3. The van der Waals surface area contributed by atoms with Crippen LogP contribution < -0.4 is 0 Å². The second-order valence-corrected chi connectivity index (χ2v) is 6.63. The summed E-state index contributed by atoms with van der Waals surface area (Å²) in [6, 6.07) is 3.49. The highest BCUT2D eigenvalue weighted by Crippen LogP contribution is 2.23. The third kappa shape index (κ3) is 7.00. The first-order valence-electron chi connectivity index (χ1n) is 8.90. The van der Waals surface area contributed by atoms with Crippen LogP contribution >= 0.6 is 0 Å². The molecule has 0 N–H and O–H groups in total. The minimum atomic E-state index is -4.96. The van der Waals surface area contributed by atoms with Crippen LogP contribution in [-0.4, -0.2) is 17.7 Å². The van der Waals surface area contributed by atoms with Crippen molar-refractivity contribution in [2.75, 3.05) is 0 Å². The van der Waals surface area contributed by atoms with Gasteiger partial charge in [0.25, 0.3) is 0 Å². The summed E-state index contributed by atoms with van der Waals surface area (Å²) in [6.07, 6.45) is 1.95. The van der Waals surface area contributed by atoms with Crippen LogP contribution in [0, 0.1) is 13.8 Å². The predicted octanol–water partition coefficient (Wildman–Crippen LogP) is 5.91. The molecule has 0 fully saturated rings. The summed E-state index contributed by atoms with van der Waals surface area (Å²) in [4.78, 5) is 23.0. The third-order valence-electron chi connectivity index (χ3n) is 4.42. The van der Waals surface area contributed by atoms with E-state index in [0.717, 1.165) is 30.4 Å². The fraction of sp³-hybridized carbons (Fsp3) is 0.600. The number of hydrogen-bond donors (Lipinski definition) is 0. The predicted molar refractivity (Wildman–Crippen MR) is 93.0 cm³/mol. The van der Waals surface area contributed by atoms with E-state index >= 15 is 0 Å². The topological polar surface area (TPSA) is 34.1 Å². The number of unbranched alkanes of at least 4 members (excludes halogenated alkanes) is 5. The lowest BCUT2D eigenvalue weighted by Crippen LogP contribution is -2.25. The Labute approximate surface area is 147 Å². The van der Waals surface area contributed by atoms with Crippen molar-refractivity contribution in [3.63, 3.8) is 0 Å². The summed E-state index contributed by atoms with van der Waals surface area (Å²) in [5.74, 6) is -2.76. The Morgan fingerprint density at radius 3 is 2.12 bits per heavy atom. The highest BCUT2D eigenvalue weighted by Gasteiger charge is 2.39. The lowest BCUT2D eigenvalue weighted by atomic mass is 9.93. The van der Waals surface area contributed by atoms with Gasteiger partial charge in [-0.05, 0) is 49.4 Å². The molecule has 0 bridgehead atoms. The van der Waals surface area contributed by atoms with Gasteiger partial charge in [0, 0.05) is 5.56 Å². The number of carbonyl (C=O) groups excluding carboxylic acids is 2. The summed E-state index contributed by atoms with van der Waals surface area (Å²) in [5, 5.41) is 0. The number of rotatable bonds is 10. The molecule has 0 aliphatic heterocycles. The van der Waals surface area contributed by atoms with Crippen LogP contribution in [0.3, 0.4) is 0 Å². The van der Waals surface area contributed by atoms with Crippen LogP contribution in [0.2, 0.25) is 0 Å². The molecule has 0 saturated carbocycles. The van der Waals surface area contributed by atoms with E-state index < -0.39 is 24.2 Å². The fourth-order valence-corrected chi connectivity index (χ4v) is 2.88. The Bertz CT molecular complexity index is 604. The molecular formula is C20H27F3O2. The van der Waals surface area contributed by atoms with Gasteiger partial charge in [-0.1, -0.05) is 45.1 Å². The molecule has 0 aliphatic carbocycles. The number of halogens is 3. The maximum Gasteiger partial charge on any atom is 0.450 e. The van der Waals surface area contributed by atoms with Gasteiger partial charge in [-0.3, -0.25) is 9.59 Å². The quantitative estimate of drug-likeness (QED) is 0.297. The Morgan fingerprint density at radius 2 is 1.52 bits per heavy atom. The van der Waals surface area contributed by atoms with Crippen LogP contribution in [0.1, 0.15) is 78.9 Å². The van der Waals surface area contributed by atoms with Gasteiger partial charge in [0.1, 0.15) is 0 Å². The molecule has 1 aromatic carbocycles. The maximum absolute atomic E-state index is 12.3. The highest BCUT2D eigenvalue weighted by molar-refractivity contribution is 6.10. The Morgan fingerprint density at radius 1 is 0.920 bits per heavy atom. The first-order valence-corrected chi connectivity index (χ1v) is 8.90. The molecule has 0 unspecified atom stereocenters. The molecule has 0 aromatic heterocycles. The molecule has 0 heterocycles. The van der Waals surface area contributed by atoms with Crippen LogP contribution in [0.5, 0.6) is 0 Å². The van der Waals surface area contributed by atoms with Crippen molar-refractivity contribution in [3.05, 3.63) is 34.4 Å². The molecule has 1 aromatic rings. The first kappa shape index (κ1) is 21.4. The van der Waals surface area contributed by atoms with Crippen molar-refractivity contribution >= 4 is 11.6 Å². The highest BCUT2D eigenvalue weighted by atomic mass is 19.4. The largest absolute Gasteiger partial charge is 0.450 e. The van der Waals surface area contributed by atoms with E-state index in [-0.39, 0.29) is 5.56 Å². The van der Waals surface area contributed by atoms with E-state index in [1.807, 2.05) is 13.0 Å². The van der Waals surface area contributed by atoms with E-state index in [1.54, 1.807) is 13.0 Å². The van der Waals surface area contributed by atoms with Gasteiger partial charge in [-0.2, -0.15) is 13.2 Å². The van der Waals surface area contributed by atoms with E-state index in [0.29, 0.717) is 5.56 Å². The molecule has 0 radical (unpaired) electrons. The first-order chi connectivity index (χ1) is 11.7. The summed E-state index contributed by atoms with van der Waals surface area (Å²) >= 11 is 0. The van der Waals surface area contributed by atoms with Crippen LogP contribution in [0.15, 0.2) is 12.1 Å². The van der Waals surface area contributed by atoms with Crippen molar-refractivity contribution in [2.24, 2.45) is 0 Å². The van der Waals surface area contributed by atoms with Crippen molar-refractivity contribution in [3.8, 4) is 0 Å². The SMILES string of the molecule is CCCCCCCCc1cc(C)c(C(=O)CC(=O)C(F)(F)F)cc1C. The number of benzene rings is 1. The summed E-state index contributed by atoms with van der Waals surface area (Å²) in [6.45, 7) is 5.74. The van der Waals surface area contributed by atoms with E-state index in [2.05, 4.69) is 6.92 Å². The lowest BCUT2D eigenvalue weighted by Gasteiger charge is -2.12. The summed E-state index contributed by atoms with van der Waals surface area (Å²) in [5.41, 5.74) is 2.85. The number of alkyl halides is 3. The van der Waals surface area contributed by atoms with E-state index in [4.69, 9.17) is 0 Å². The minimum absolute atomic E-state index is 0.210. The van der Waals surface area contributed by atoms with Gasteiger partial charge in [0.15, 0.2) is 5.78 Å². The minimum Gasteiger partial charge on any atom is -0.294 e. The second-order valence-electron chi connectivity index (χ2n) is 6.63. The zero-order valence-corrected chi connectivity index (χ0v) is 15.3. The average Bonchev–Trinajstić information content (AvgIpc) is 2.52. The van der Waals surface area contributed by atoms with Crippen LogP contribution in [0.25, 0.3) is 0 Å². The van der Waals surface area contributed by atoms with Gasteiger partial charge < -0.3 is 0 Å². The molecule has 5 heteroatoms. The molecule has 25 heavy (non-hydrogen) atoms. The number of carbonyl (C=O) groups is 2. The van der Waals surface area contributed by atoms with E-state index in [9.17, 15) is 22.8 Å². The van der Waals surface area contributed by atoms with Gasteiger partial charge in [-0.25, -0.2) is 0 Å². The molecule has 1 rings (SSSR count). The van der Waals surface area contributed by atoms with Gasteiger partial charge in [0.05, 0.1) is 6.42 Å². The standard InChI is InChI=1S/C20H27F3O2/c1-4-5-6-7-8-9-10-16-11-15(3)17(12-14(16)2)18(24)13-19(25)20(21,22)23/h11-12H,4-10,13H2,1-3H3. The Hall–Kier alpha value is -1.65. The number of Topliss-reactive ketones (excluding diaryl/α,β-unsaturated/α-hetero) is 2. The van der Waals surface area contributed by atoms with Crippen molar-refractivity contribution in [1.29, 1.82) is 0 Å².